The highest BCUT2D eigenvalue weighted by molar-refractivity contribution is 7.98. The van der Waals surface area contributed by atoms with Gasteiger partial charge >= 0.3 is 0 Å². The number of halogens is 1. The van der Waals surface area contributed by atoms with Gasteiger partial charge in [-0.05, 0) is 35.8 Å². The quantitative estimate of drug-likeness (QED) is 0.679. The Hall–Kier alpha value is -0.180. The first-order chi connectivity index (χ1) is 6.76. The van der Waals surface area contributed by atoms with Crippen molar-refractivity contribution in [3.63, 3.8) is 0 Å². The van der Waals surface area contributed by atoms with Crippen LogP contribution in [0.15, 0.2) is 22.4 Å². The first-order valence-corrected chi connectivity index (χ1v) is 6.98. The van der Waals surface area contributed by atoms with Gasteiger partial charge in [0.2, 0.25) is 0 Å². The molecule has 14 heavy (non-hydrogen) atoms. The average Bonchev–Trinajstić information content (AvgIpc) is 2.59. The summed E-state index contributed by atoms with van der Waals surface area (Å²) >= 11 is 9.60. The van der Waals surface area contributed by atoms with E-state index in [2.05, 4.69) is 30.7 Å². The van der Waals surface area contributed by atoms with Crippen LogP contribution in [0, 0.1) is 0 Å². The van der Waals surface area contributed by atoms with Crippen molar-refractivity contribution in [2.45, 2.75) is 18.2 Å². The number of thioether (sulfide) groups is 1. The van der Waals surface area contributed by atoms with Gasteiger partial charge in [0, 0.05) is 20.0 Å². The van der Waals surface area contributed by atoms with Gasteiger partial charge in [-0.15, -0.1) is 23.1 Å². The lowest BCUT2D eigenvalue weighted by Gasteiger charge is -2.02. The van der Waals surface area contributed by atoms with Crippen LogP contribution in [0.1, 0.15) is 12.5 Å². The molecule has 0 aliphatic carbocycles. The minimum atomic E-state index is 0.839. The summed E-state index contributed by atoms with van der Waals surface area (Å²) < 4.78 is 1.30. The maximum absolute atomic E-state index is 6.05. The molecule has 0 atom stereocenters. The van der Waals surface area contributed by atoms with E-state index in [-0.39, 0.29) is 0 Å². The minimum absolute atomic E-state index is 0.839. The van der Waals surface area contributed by atoms with Crippen molar-refractivity contribution in [1.29, 1.82) is 0 Å². The predicted octanol–water partition coefficient (Wildman–Crippen LogP) is 4.84. The van der Waals surface area contributed by atoms with Crippen molar-refractivity contribution >= 4 is 44.8 Å². The standard InChI is InChI=1S/C11H11ClS2/c1-3-7-6-14-10-5-8(12)4-9(13-2)11(7)10/h4-6H,3H2,1-2H3. The van der Waals surface area contributed by atoms with E-state index in [0.717, 1.165) is 11.4 Å². The van der Waals surface area contributed by atoms with Crippen LogP contribution in [0.3, 0.4) is 0 Å². The highest BCUT2D eigenvalue weighted by atomic mass is 35.5. The monoisotopic (exact) mass is 242 g/mol. The molecule has 0 aliphatic heterocycles. The molecule has 0 bridgehead atoms. The lowest BCUT2D eigenvalue weighted by molar-refractivity contribution is 1.16. The molecule has 2 aromatic rings. The number of thiophene rings is 1. The zero-order valence-corrected chi connectivity index (χ0v) is 10.5. The average molecular weight is 243 g/mol. The van der Waals surface area contributed by atoms with Crippen molar-refractivity contribution < 1.29 is 0 Å². The van der Waals surface area contributed by atoms with Gasteiger partial charge in [-0.2, -0.15) is 0 Å². The molecule has 3 heteroatoms. The molecule has 0 aliphatic rings. The number of rotatable bonds is 2. The Balaban J connectivity index is 2.78. The van der Waals surface area contributed by atoms with E-state index in [0.29, 0.717) is 0 Å². The second-order valence-electron chi connectivity index (χ2n) is 3.10. The van der Waals surface area contributed by atoms with Crippen molar-refractivity contribution in [2.75, 3.05) is 6.26 Å². The molecule has 0 saturated carbocycles. The van der Waals surface area contributed by atoms with Crippen molar-refractivity contribution in [3.05, 3.63) is 28.1 Å². The summed E-state index contributed by atoms with van der Waals surface area (Å²) in [6, 6.07) is 4.11. The zero-order valence-electron chi connectivity index (χ0n) is 8.13. The van der Waals surface area contributed by atoms with Crippen LogP contribution in [0.2, 0.25) is 5.02 Å². The largest absolute Gasteiger partial charge is 0.143 e. The van der Waals surface area contributed by atoms with Crippen LogP contribution in [-0.4, -0.2) is 6.26 Å². The van der Waals surface area contributed by atoms with E-state index in [4.69, 9.17) is 11.6 Å². The molecule has 1 heterocycles. The fraction of sp³-hybridized carbons (Fsp3) is 0.273. The Morgan fingerprint density at radius 3 is 2.86 bits per heavy atom. The molecule has 0 fully saturated rings. The Kier molecular flexibility index (Phi) is 3.05. The molecule has 1 aromatic heterocycles. The number of aryl methyl sites for hydroxylation is 1. The van der Waals surface area contributed by atoms with Crippen LogP contribution in [0.4, 0.5) is 0 Å². The van der Waals surface area contributed by atoms with Crippen molar-refractivity contribution in [1.82, 2.24) is 0 Å². The van der Waals surface area contributed by atoms with Crippen LogP contribution < -0.4 is 0 Å². The van der Waals surface area contributed by atoms with E-state index in [1.54, 1.807) is 23.1 Å². The maximum atomic E-state index is 6.05. The maximum Gasteiger partial charge on any atom is 0.0431 e. The normalized spacial score (nSPS) is 11.1. The summed E-state index contributed by atoms with van der Waals surface area (Å²) in [6.45, 7) is 2.19. The molecule has 1 aromatic carbocycles. The van der Waals surface area contributed by atoms with Gasteiger partial charge in [-0.1, -0.05) is 18.5 Å². The summed E-state index contributed by atoms with van der Waals surface area (Å²) in [5, 5.41) is 4.47. The van der Waals surface area contributed by atoms with Gasteiger partial charge in [0.15, 0.2) is 0 Å². The third-order valence-corrected chi connectivity index (χ3v) is 4.24. The van der Waals surface area contributed by atoms with E-state index in [1.807, 2.05) is 0 Å². The van der Waals surface area contributed by atoms with E-state index in [1.165, 1.54) is 20.5 Å². The summed E-state index contributed by atoms with van der Waals surface area (Å²) in [5.74, 6) is 0. The molecule has 0 nitrogen and oxygen atoms in total. The van der Waals surface area contributed by atoms with Crippen LogP contribution in [0.25, 0.3) is 10.1 Å². The molecular formula is C11H11ClS2. The van der Waals surface area contributed by atoms with Gasteiger partial charge in [-0.3, -0.25) is 0 Å². The Bertz CT molecular complexity index is 460. The first kappa shape index (κ1) is 10.3. The zero-order chi connectivity index (χ0) is 10.1. The van der Waals surface area contributed by atoms with Crippen molar-refractivity contribution in [3.8, 4) is 0 Å². The third-order valence-electron chi connectivity index (χ3n) is 2.28. The molecule has 2 rings (SSSR count). The molecule has 0 N–H and O–H groups in total. The van der Waals surface area contributed by atoms with Gasteiger partial charge in [-0.25, -0.2) is 0 Å². The van der Waals surface area contributed by atoms with Crippen molar-refractivity contribution in [2.24, 2.45) is 0 Å². The summed E-state index contributed by atoms with van der Waals surface area (Å²) in [4.78, 5) is 1.30. The number of hydrogen-bond donors (Lipinski definition) is 0. The summed E-state index contributed by atoms with van der Waals surface area (Å²) in [5.41, 5.74) is 1.44. The molecule has 0 radical (unpaired) electrons. The first-order valence-electron chi connectivity index (χ1n) is 4.50. The van der Waals surface area contributed by atoms with Gasteiger partial charge < -0.3 is 0 Å². The number of hydrogen-bond acceptors (Lipinski definition) is 2. The van der Waals surface area contributed by atoms with Crippen LogP contribution in [-0.2, 0) is 6.42 Å². The summed E-state index contributed by atoms with van der Waals surface area (Å²) in [7, 11) is 0. The van der Waals surface area contributed by atoms with Crippen LogP contribution >= 0.6 is 34.7 Å². The highest BCUT2D eigenvalue weighted by Crippen LogP contribution is 2.36. The molecule has 0 spiro atoms. The van der Waals surface area contributed by atoms with E-state index < -0.39 is 0 Å². The molecular weight excluding hydrogens is 232 g/mol. The molecule has 74 valence electrons. The van der Waals surface area contributed by atoms with Gasteiger partial charge in [0.05, 0.1) is 0 Å². The minimum Gasteiger partial charge on any atom is -0.143 e. The Morgan fingerprint density at radius 1 is 1.43 bits per heavy atom. The predicted molar refractivity (Wildman–Crippen MR) is 68.0 cm³/mol. The molecule has 0 amide bonds. The lowest BCUT2D eigenvalue weighted by atomic mass is 10.1. The fourth-order valence-corrected chi connectivity index (χ4v) is 3.79. The Morgan fingerprint density at radius 2 is 2.21 bits per heavy atom. The third kappa shape index (κ3) is 1.67. The second kappa shape index (κ2) is 4.13. The Labute approximate surface area is 97.3 Å². The van der Waals surface area contributed by atoms with E-state index in [9.17, 15) is 0 Å². The lowest BCUT2D eigenvalue weighted by Crippen LogP contribution is -1.79. The SMILES string of the molecule is CCc1csc2cc(Cl)cc(SC)c12. The highest BCUT2D eigenvalue weighted by Gasteiger charge is 2.08. The molecule has 0 saturated heterocycles. The smallest absolute Gasteiger partial charge is 0.0431 e. The second-order valence-corrected chi connectivity index (χ2v) is 5.29. The summed E-state index contributed by atoms with van der Waals surface area (Å²) in [6.07, 6.45) is 3.19. The van der Waals surface area contributed by atoms with Gasteiger partial charge in [0.25, 0.3) is 0 Å². The topological polar surface area (TPSA) is 0 Å². The van der Waals surface area contributed by atoms with Crippen LogP contribution in [0.5, 0.6) is 0 Å². The van der Waals surface area contributed by atoms with Gasteiger partial charge in [0.1, 0.15) is 0 Å². The number of fused-ring (bicyclic) bond motifs is 1. The molecule has 0 unspecified atom stereocenters. The number of benzene rings is 1. The fourth-order valence-electron chi connectivity index (χ4n) is 1.58. The van der Waals surface area contributed by atoms with E-state index >= 15 is 0 Å².